The van der Waals surface area contributed by atoms with Gasteiger partial charge in [-0.3, -0.25) is 4.40 Å². The number of fused-ring (bicyclic) bond motifs is 1. The van der Waals surface area contributed by atoms with Crippen molar-refractivity contribution in [3.63, 3.8) is 0 Å². The van der Waals surface area contributed by atoms with Crippen LogP contribution in [0, 0.1) is 0 Å². The molecule has 1 saturated heterocycles. The number of hydrogen-bond acceptors (Lipinski definition) is 5. The number of thiazole rings is 1. The van der Waals surface area contributed by atoms with Crippen LogP contribution in [0.1, 0.15) is 10.5 Å². The molecule has 0 spiro atoms. The fraction of sp³-hybridized carbons (Fsp3) is 0.455. The van der Waals surface area contributed by atoms with Crippen molar-refractivity contribution >= 4 is 28.1 Å². The third-order valence-electron chi connectivity index (χ3n) is 3.25. The van der Waals surface area contributed by atoms with Gasteiger partial charge in [0.2, 0.25) is 0 Å². The van der Waals surface area contributed by atoms with Crippen LogP contribution in [-0.4, -0.2) is 58.6 Å². The highest BCUT2D eigenvalue weighted by Crippen LogP contribution is 2.25. The topological polar surface area (TPSA) is 61.1 Å². The van der Waals surface area contributed by atoms with Gasteiger partial charge in [-0.15, -0.1) is 11.3 Å². The number of piperazine rings is 1. The van der Waals surface area contributed by atoms with Gasteiger partial charge in [0.1, 0.15) is 0 Å². The second kappa shape index (κ2) is 4.25. The van der Waals surface area contributed by atoms with Crippen molar-refractivity contribution in [2.45, 2.75) is 0 Å². The summed E-state index contributed by atoms with van der Waals surface area (Å²) >= 11 is 1.46. The minimum Gasteiger partial charge on any atom is -0.476 e. The van der Waals surface area contributed by atoms with Crippen molar-refractivity contribution in [3.8, 4) is 0 Å². The number of imidazole rings is 1. The molecule has 2 aromatic heterocycles. The Balaban J connectivity index is 2.02. The van der Waals surface area contributed by atoms with Gasteiger partial charge in [0.15, 0.2) is 16.5 Å². The zero-order valence-corrected chi connectivity index (χ0v) is 10.9. The monoisotopic (exact) mass is 266 g/mol. The first kappa shape index (κ1) is 11.5. The summed E-state index contributed by atoms with van der Waals surface area (Å²) in [6, 6.07) is 0. The van der Waals surface area contributed by atoms with Crippen LogP contribution >= 0.6 is 11.3 Å². The number of carboxylic acid groups (broad SMARTS) is 1. The van der Waals surface area contributed by atoms with Gasteiger partial charge >= 0.3 is 5.97 Å². The molecule has 0 bridgehead atoms. The molecule has 0 atom stereocenters. The smallest absolute Gasteiger partial charge is 0.356 e. The first-order valence-corrected chi connectivity index (χ1v) is 6.67. The molecule has 0 saturated carbocycles. The van der Waals surface area contributed by atoms with E-state index >= 15 is 0 Å². The van der Waals surface area contributed by atoms with E-state index in [1.165, 1.54) is 11.3 Å². The molecule has 1 aliphatic heterocycles. The molecule has 96 valence electrons. The summed E-state index contributed by atoms with van der Waals surface area (Å²) in [7, 11) is 2.07. The van der Waals surface area contributed by atoms with E-state index in [9.17, 15) is 9.90 Å². The Labute approximate surface area is 108 Å². The molecule has 7 heteroatoms. The zero-order chi connectivity index (χ0) is 12.7. The molecule has 0 radical (unpaired) electrons. The Morgan fingerprint density at radius 2 is 2.11 bits per heavy atom. The molecule has 18 heavy (non-hydrogen) atoms. The van der Waals surface area contributed by atoms with Crippen LogP contribution in [0.2, 0.25) is 0 Å². The summed E-state index contributed by atoms with van der Waals surface area (Å²) in [5.41, 5.74) is 0.274. The maximum atomic E-state index is 11.4. The molecule has 3 rings (SSSR count). The molecule has 3 heterocycles. The van der Waals surface area contributed by atoms with Crippen molar-refractivity contribution < 1.29 is 9.90 Å². The van der Waals surface area contributed by atoms with Gasteiger partial charge in [-0.05, 0) is 7.05 Å². The molecule has 0 amide bonds. The number of likely N-dealkylation sites (N-methyl/N-ethyl adjacent to an activating group) is 1. The third-order valence-corrected chi connectivity index (χ3v) is 4.01. The van der Waals surface area contributed by atoms with Crippen LogP contribution in [0.3, 0.4) is 0 Å². The molecule has 1 N–H and O–H groups in total. The van der Waals surface area contributed by atoms with Crippen LogP contribution in [0.5, 0.6) is 0 Å². The third kappa shape index (κ3) is 1.75. The molecule has 6 nitrogen and oxygen atoms in total. The summed E-state index contributed by atoms with van der Waals surface area (Å²) in [6.45, 7) is 3.51. The lowest BCUT2D eigenvalue weighted by atomic mass is 10.3. The highest BCUT2D eigenvalue weighted by Gasteiger charge is 2.25. The minimum atomic E-state index is -0.921. The molecule has 0 aromatic carbocycles. The predicted molar refractivity (Wildman–Crippen MR) is 69.7 cm³/mol. The van der Waals surface area contributed by atoms with Crippen molar-refractivity contribution in [1.29, 1.82) is 0 Å². The second-order valence-electron chi connectivity index (χ2n) is 4.44. The molecular formula is C11H14N4O2S. The number of anilines is 1. The van der Waals surface area contributed by atoms with Crippen LogP contribution in [0.25, 0.3) is 4.96 Å². The number of hydrogen-bond donors (Lipinski definition) is 1. The maximum Gasteiger partial charge on any atom is 0.356 e. The fourth-order valence-corrected chi connectivity index (χ4v) is 2.92. The van der Waals surface area contributed by atoms with Gasteiger partial charge in [0.25, 0.3) is 0 Å². The van der Waals surface area contributed by atoms with Crippen molar-refractivity contribution in [2.24, 2.45) is 0 Å². The molecule has 1 aliphatic rings. The van der Waals surface area contributed by atoms with E-state index in [0.717, 1.165) is 31.1 Å². The first-order valence-electron chi connectivity index (χ1n) is 5.79. The van der Waals surface area contributed by atoms with Gasteiger partial charge in [-0.2, -0.15) is 0 Å². The van der Waals surface area contributed by atoms with Gasteiger partial charge in [-0.25, -0.2) is 9.78 Å². The zero-order valence-electron chi connectivity index (χ0n) is 10.0. The Hall–Kier alpha value is -1.60. The normalized spacial score (nSPS) is 17.5. The van der Waals surface area contributed by atoms with Crippen LogP contribution in [0.4, 0.5) is 5.82 Å². The number of aromatic nitrogens is 2. The van der Waals surface area contributed by atoms with E-state index in [2.05, 4.69) is 21.8 Å². The molecule has 0 aliphatic carbocycles. The van der Waals surface area contributed by atoms with E-state index < -0.39 is 5.97 Å². The van der Waals surface area contributed by atoms with E-state index in [-0.39, 0.29) is 5.69 Å². The fourth-order valence-electron chi connectivity index (χ4n) is 2.21. The molecule has 1 fully saturated rings. The Morgan fingerprint density at radius 1 is 1.39 bits per heavy atom. The average molecular weight is 266 g/mol. The Morgan fingerprint density at radius 3 is 2.78 bits per heavy atom. The summed E-state index contributed by atoms with van der Waals surface area (Å²) in [4.78, 5) is 20.9. The number of aromatic carboxylic acids is 1. The summed E-state index contributed by atoms with van der Waals surface area (Å²) in [5.74, 6) is -0.322. The lowest BCUT2D eigenvalue weighted by Gasteiger charge is -2.32. The molecular weight excluding hydrogens is 252 g/mol. The summed E-state index contributed by atoms with van der Waals surface area (Å²) in [6.07, 6.45) is 1.76. The van der Waals surface area contributed by atoms with Crippen LogP contribution in [-0.2, 0) is 0 Å². The Kier molecular flexibility index (Phi) is 2.71. The minimum absolute atomic E-state index is 0.274. The highest BCUT2D eigenvalue weighted by molar-refractivity contribution is 7.15. The quantitative estimate of drug-likeness (QED) is 0.873. The standard InChI is InChI=1S/C11H14N4O2S/c1-13-2-4-14(5-3-13)9-8(10(16)17)15-6-7-18-11(15)12-9/h6-7H,2-5H2,1H3,(H,16,17). The van der Waals surface area contributed by atoms with E-state index in [1.54, 1.807) is 10.6 Å². The summed E-state index contributed by atoms with van der Waals surface area (Å²) in [5, 5.41) is 11.2. The van der Waals surface area contributed by atoms with Gasteiger partial charge in [0.05, 0.1) is 0 Å². The van der Waals surface area contributed by atoms with E-state index in [0.29, 0.717) is 5.82 Å². The SMILES string of the molecule is CN1CCN(c2nc3sccn3c2C(=O)O)CC1. The Bertz CT molecular complexity index is 583. The van der Waals surface area contributed by atoms with Gasteiger partial charge in [0, 0.05) is 37.8 Å². The summed E-state index contributed by atoms with van der Waals surface area (Å²) < 4.78 is 1.65. The van der Waals surface area contributed by atoms with Crippen LogP contribution in [0.15, 0.2) is 11.6 Å². The highest BCUT2D eigenvalue weighted by atomic mass is 32.1. The lowest BCUT2D eigenvalue weighted by molar-refractivity contribution is 0.0690. The van der Waals surface area contributed by atoms with Crippen molar-refractivity contribution in [2.75, 3.05) is 38.1 Å². The van der Waals surface area contributed by atoms with Crippen LogP contribution < -0.4 is 4.90 Å². The average Bonchev–Trinajstić information content (AvgIpc) is 2.88. The molecule has 2 aromatic rings. The number of carboxylic acids is 1. The van der Waals surface area contributed by atoms with E-state index in [4.69, 9.17) is 0 Å². The first-order chi connectivity index (χ1) is 8.66. The van der Waals surface area contributed by atoms with Crippen molar-refractivity contribution in [3.05, 3.63) is 17.3 Å². The number of carbonyl (C=O) groups is 1. The number of nitrogens with zero attached hydrogens (tertiary/aromatic N) is 4. The maximum absolute atomic E-state index is 11.4. The largest absolute Gasteiger partial charge is 0.476 e. The number of rotatable bonds is 2. The van der Waals surface area contributed by atoms with Crippen molar-refractivity contribution in [1.82, 2.24) is 14.3 Å². The lowest BCUT2D eigenvalue weighted by Crippen LogP contribution is -2.45. The second-order valence-corrected chi connectivity index (χ2v) is 5.31. The molecule has 0 unspecified atom stereocenters. The van der Waals surface area contributed by atoms with Gasteiger partial charge < -0.3 is 14.9 Å². The predicted octanol–water partition coefficient (Wildman–Crippen LogP) is 0.846. The van der Waals surface area contributed by atoms with E-state index in [1.807, 2.05) is 5.38 Å². The van der Waals surface area contributed by atoms with Gasteiger partial charge in [-0.1, -0.05) is 0 Å².